The highest BCUT2D eigenvalue weighted by Gasteiger charge is 2.36. The molecule has 0 radical (unpaired) electrons. The van der Waals surface area contributed by atoms with Crippen molar-refractivity contribution in [3.05, 3.63) is 96.1 Å². The van der Waals surface area contributed by atoms with E-state index >= 15 is 0 Å². The van der Waals surface area contributed by atoms with Crippen LogP contribution >= 0.6 is 0 Å². The highest BCUT2D eigenvalue weighted by molar-refractivity contribution is 5.91. The molecule has 25 heavy (non-hydrogen) atoms. The Kier molecular flexibility index (Phi) is 3.79. The Hall–Kier alpha value is -2.68. The van der Waals surface area contributed by atoms with E-state index in [2.05, 4.69) is 72.8 Å². The molecule has 0 aromatic heterocycles. The van der Waals surface area contributed by atoms with Crippen LogP contribution in [0.15, 0.2) is 84.9 Å². The van der Waals surface area contributed by atoms with Crippen molar-refractivity contribution in [2.45, 2.75) is 18.5 Å². The van der Waals surface area contributed by atoms with Crippen molar-refractivity contribution >= 4 is 21.5 Å². The summed E-state index contributed by atoms with van der Waals surface area (Å²) in [6.45, 7) is 1.99. The van der Waals surface area contributed by atoms with Gasteiger partial charge >= 0.3 is 0 Å². The fourth-order valence-electron chi connectivity index (χ4n) is 3.81. The normalized spacial score (nSPS) is 13.2. The minimum absolute atomic E-state index is 0.246. The molecule has 124 valence electrons. The van der Waals surface area contributed by atoms with E-state index in [4.69, 9.17) is 11.5 Å². The molecule has 4 N–H and O–H groups in total. The van der Waals surface area contributed by atoms with E-state index in [9.17, 15) is 0 Å². The first kappa shape index (κ1) is 15.8. The molecule has 0 aliphatic heterocycles. The third kappa shape index (κ3) is 2.42. The van der Waals surface area contributed by atoms with E-state index in [1.165, 1.54) is 10.8 Å². The Balaban J connectivity index is 2.09. The molecule has 1 atom stereocenters. The van der Waals surface area contributed by atoms with Gasteiger partial charge in [-0.3, -0.25) is 0 Å². The molecule has 0 bridgehead atoms. The maximum Gasteiger partial charge on any atom is 0.0828 e. The Labute approximate surface area is 148 Å². The second-order valence-electron chi connectivity index (χ2n) is 6.71. The molecular formula is C23H22N2. The van der Waals surface area contributed by atoms with E-state index in [-0.39, 0.29) is 6.04 Å². The van der Waals surface area contributed by atoms with Crippen molar-refractivity contribution < 1.29 is 0 Å². The van der Waals surface area contributed by atoms with Crippen LogP contribution in [0.25, 0.3) is 21.5 Å². The summed E-state index contributed by atoms with van der Waals surface area (Å²) in [5.41, 5.74) is 14.9. The van der Waals surface area contributed by atoms with Gasteiger partial charge in [-0.05, 0) is 39.6 Å². The molecule has 0 saturated heterocycles. The first-order valence-electron chi connectivity index (χ1n) is 8.63. The van der Waals surface area contributed by atoms with E-state index in [0.29, 0.717) is 0 Å². The molecule has 2 nitrogen and oxygen atoms in total. The second kappa shape index (κ2) is 5.99. The molecule has 0 fully saturated rings. The molecule has 0 spiro atoms. The molecular weight excluding hydrogens is 304 g/mol. The van der Waals surface area contributed by atoms with E-state index in [1.807, 2.05) is 19.1 Å². The second-order valence-corrected chi connectivity index (χ2v) is 6.71. The first-order chi connectivity index (χ1) is 12.1. The zero-order chi connectivity index (χ0) is 17.4. The summed E-state index contributed by atoms with van der Waals surface area (Å²) < 4.78 is 0. The van der Waals surface area contributed by atoms with Crippen LogP contribution in [0.3, 0.4) is 0 Å². The van der Waals surface area contributed by atoms with Gasteiger partial charge in [0, 0.05) is 6.04 Å². The lowest BCUT2D eigenvalue weighted by Crippen LogP contribution is -2.52. The van der Waals surface area contributed by atoms with Crippen LogP contribution < -0.4 is 11.5 Å². The maximum atomic E-state index is 7.09. The van der Waals surface area contributed by atoms with Gasteiger partial charge in [-0.15, -0.1) is 0 Å². The van der Waals surface area contributed by atoms with Gasteiger partial charge in [-0.25, -0.2) is 0 Å². The Morgan fingerprint density at radius 2 is 1.04 bits per heavy atom. The van der Waals surface area contributed by atoms with Gasteiger partial charge in [0.2, 0.25) is 0 Å². The summed E-state index contributed by atoms with van der Waals surface area (Å²) in [6, 6.07) is 29.0. The number of hydrogen-bond donors (Lipinski definition) is 2. The lowest BCUT2D eigenvalue weighted by Gasteiger charge is -2.36. The summed E-state index contributed by atoms with van der Waals surface area (Å²) in [5, 5.41) is 4.65. The van der Waals surface area contributed by atoms with Gasteiger partial charge in [-0.1, -0.05) is 84.9 Å². The Morgan fingerprint density at radius 3 is 1.48 bits per heavy atom. The van der Waals surface area contributed by atoms with Crippen LogP contribution in [-0.4, -0.2) is 6.04 Å². The summed E-state index contributed by atoms with van der Waals surface area (Å²) in [6.07, 6.45) is 0. The lowest BCUT2D eigenvalue weighted by molar-refractivity contribution is 0.452. The van der Waals surface area contributed by atoms with Gasteiger partial charge < -0.3 is 11.5 Å². The molecule has 0 unspecified atom stereocenters. The van der Waals surface area contributed by atoms with Crippen molar-refractivity contribution in [3.63, 3.8) is 0 Å². The first-order valence-corrected chi connectivity index (χ1v) is 8.63. The van der Waals surface area contributed by atoms with E-state index in [1.54, 1.807) is 0 Å². The smallest absolute Gasteiger partial charge is 0.0828 e. The number of nitrogens with two attached hydrogens (primary N) is 2. The van der Waals surface area contributed by atoms with Gasteiger partial charge in [0.1, 0.15) is 0 Å². The van der Waals surface area contributed by atoms with Crippen molar-refractivity contribution in [1.82, 2.24) is 0 Å². The largest absolute Gasteiger partial charge is 0.326 e. The van der Waals surface area contributed by atoms with Crippen LogP contribution in [-0.2, 0) is 5.54 Å². The third-order valence-electron chi connectivity index (χ3n) is 5.19. The van der Waals surface area contributed by atoms with E-state index in [0.717, 1.165) is 21.9 Å². The molecule has 4 rings (SSSR count). The fourth-order valence-corrected chi connectivity index (χ4v) is 3.81. The SMILES string of the molecule is C[C@@H](N)C(N)(c1cccc2ccccc12)c1cccc2ccccc12. The summed E-state index contributed by atoms with van der Waals surface area (Å²) >= 11 is 0. The number of rotatable bonds is 3. The molecule has 4 aromatic rings. The lowest BCUT2D eigenvalue weighted by atomic mass is 9.75. The topological polar surface area (TPSA) is 52.0 Å². The standard InChI is InChI=1S/C23H22N2/c1-16(24)23(25,21-14-6-10-17-8-2-4-12-19(17)21)22-15-7-11-18-9-3-5-13-20(18)22/h2-16H,24-25H2,1H3/t16-/m1/s1. The molecule has 2 heteroatoms. The predicted octanol–water partition coefficient (Wildman–Crippen LogP) is 4.54. The summed E-state index contributed by atoms with van der Waals surface area (Å²) in [5.74, 6) is 0. The average molecular weight is 326 g/mol. The van der Waals surface area contributed by atoms with Crippen molar-refractivity contribution in [2.24, 2.45) is 11.5 Å². The molecule has 4 aromatic carbocycles. The number of fused-ring (bicyclic) bond motifs is 2. The zero-order valence-corrected chi connectivity index (χ0v) is 14.3. The van der Waals surface area contributed by atoms with Crippen LogP contribution in [0.2, 0.25) is 0 Å². The quantitative estimate of drug-likeness (QED) is 0.580. The third-order valence-corrected chi connectivity index (χ3v) is 5.19. The molecule has 0 aliphatic rings. The Bertz CT molecular complexity index is 960. The zero-order valence-electron chi connectivity index (χ0n) is 14.3. The monoisotopic (exact) mass is 326 g/mol. The fraction of sp³-hybridized carbons (Fsp3) is 0.130. The van der Waals surface area contributed by atoms with Crippen LogP contribution in [0.4, 0.5) is 0 Å². The number of hydrogen-bond acceptors (Lipinski definition) is 2. The van der Waals surface area contributed by atoms with Crippen LogP contribution in [0, 0.1) is 0 Å². The van der Waals surface area contributed by atoms with Gasteiger partial charge in [0.05, 0.1) is 5.54 Å². The molecule has 0 aliphatic carbocycles. The minimum atomic E-state index is -0.776. The van der Waals surface area contributed by atoms with Crippen LogP contribution in [0.1, 0.15) is 18.1 Å². The van der Waals surface area contributed by atoms with E-state index < -0.39 is 5.54 Å². The molecule has 0 amide bonds. The summed E-state index contributed by atoms with van der Waals surface area (Å²) in [4.78, 5) is 0. The van der Waals surface area contributed by atoms with Crippen molar-refractivity contribution in [2.75, 3.05) is 0 Å². The van der Waals surface area contributed by atoms with Crippen molar-refractivity contribution in [1.29, 1.82) is 0 Å². The Morgan fingerprint density at radius 1 is 0.640 bits per heavy atom. The highest BCUT2D eigenvalue weighted by Crippen LogP contribution is 2.37. The highest BCUT2D eigenvalue weighted by atomic mass is 14.9. The van der Waals surface area contributed by atoms with Gasteiger partial charge in [0.15, 0.2) is 0 Å². The van der Waals surface area contributed by atoms with Crippen molar-refractivity contribution in [3.8, 4) is 0 Å². The van der Waals surface area contributed by atoms with Gasteiger partial charge in [-0.2, -0.15) is 0 Å². The minimum Gasteiger partial charge on any atom is -0.326 e. The maximum absolute atomic E-state index is 7.09. The summed E-state index contributed by atoms with van der Waals surface area (Å²) in [7, 11) is 0. The predicted molar refractivity (Wildman–Crippen MR) is 107 cm³/mol. The van der Waals surface area contributed by atoms with Crippen LogP contribution in [0.5, 0.6) is 0 Å². The van der Waals surface area contributed by atoms with Gasteiger partial charge in [0.25, 0.3) is 0 Å². The molecule has 0 saturated carbocycles. The number of benzene rings is 4. The molecule has 0 heterocycles. The average Bonchev–Trinajstić information content (AvgIpc) is 2.66.